The summed E-state index contributed by atoms with van der Waals surface area (Å²) in [6, 6.07) is 0. The van der Waals surface area contributed by atoms with Crippen LogP contribution in [0.4, 0.5) is 0 Å². The zero-order valence-corrected chi connectivity index (χ0v) is 10.9. The van der Waals surface area contributed by atoms with Gasteiger partial charge in [0.05, 0.1) is 19.1 Å². The molecule has 3 heterocycles. The second kappa shape index (κ2) is 4.47. The third-order valence-electron chi connectivity index (χ3n) is 4.40. The maximum Gasteiger partial charge on any atom is 0.306 e. The molecule has 3 fully saturated rings. The summed E-state index contributed by atoms with van der Waals surface area (Å²) < 4.78 is 22.9. The lowest BCUT2D eigenvalue weighted by molar-refractivity contribution is -0.254. The van der Waals surface area contributed by atoms with Crippen LogP contribution in [0.25, 0.3) is 0 Å². The monoisotopic (exact) mass is 256 g/mol. The van der Waals surface area contributed by atoms with Gasteiger partial charge in [-0.25, -0.2) is 0 Å². The summed E-state index contributed by atoms with van der Waals surface area (Å²) in [5, 5.41) is 0. The van der Waals surface area contributed by atoms with Gasteiger partial charge in [-0.3, -0.25) is 4.79 Å². The van der Waals surface area contributed by atoms with Gasteiger partial charge >= 0.3 is 5.97 Å². The summed E-state index contributed by atoms with van der Waals surface area (Å²) in [6.45, 7) is 4.08. The molecule has 2 bridgehead atoms. The summed E-state index contributed by atoms with van der Waals surface area (Å²) >= 11 is 0. The maximum atomic E-state index is 11.7. The second-order valence-corrected chi connectivity index (χ2v) is 5.24. The molecule has 1 spiro atoms. The maximum absolute atomic E-state index is 11.7. The topological polar surface area (TPSA) is 54.0 Å². The predicted molar refractivity (Wildman–Crippen MR) is 61.6 cm³/mol. The number of carbonyl (C=O) groups excluding carboxylic acids is 1. The van der Waals surface area contributed by atoms with E-state index in [0.717, 1.165) is 12.8 Å². The number of ether oxygens (including phenoxy) is 4. The SMILES string of the molecule is CCC1CC(=O)OC2CCOC3OC(CC)C12O3. The van der Waals surface area contributed by atoms with Gasteiger partial charge in [0.15, 0.2) is 0 Å². The highest BCUT2D eigenvalue weighted by Gasteiger charge is 2.63. The minimum Gasteiger partial charge on any atom is -0.459 e. The van der Waals surface area contributed by atoms with E-state index in [1.807, 2.05) is 0 Å². The van der Waals surface area contributed by atoms with Gasteiger partial charge in [-0.1, -0.05) is 13.8 Å². The lowest BCUT2D eigenvalue weighted by Gasteiger charge is -2.46. The smallest absolute Gasteiger partial charge is 0.306 e. The Bertz CT molecular complexity index is 344. The number of esters is 1. The van der Waals surface area contributed by atoms with Crippen molar-refractivity contribution in [1.82, 2.24) is 0 Å². The molecule has 0 aromatic rings. The van der Waals surface area contributed by atoms with Crippen LogP contribution in [0.15, 0.2) is 0 Å². The zero-order chi connectivity index (χ0) is 12.8. The number of hydrogen-bond donors (Lipinski definition) is 0. The van der Waals surface area contributed by atoms with E-state index in [1.54, 1.807) is 0 Å². The average Bonchev–Trinajstić information content (AvgIpc) is 2.61. The van der Waals surface area contributed by atoms with Gasteiger partial charge in [-0.2, -0.15) is 0 Å². The molecule has 3 aliphatic heterocycles. The third-order valence-corrected chi connectivity index (χ3v) is 4.40. The van der Waals surface area contributed by atoms with Crippen LogP contribution < -0.4 is 0 Å². The van der Waals surface area contributed by atoms with Crippen molar-refractivity contribution >= 4 is 5.97 Å². The first-order chi connectivity index (χ1) is 8.70. The van der Waals surface area contributed by atoms with Gasteiger partial charge in [-0.05, 0) is 12.8 Å². The molecular formula is C13H20O5. The van der Waals surface area contributed by atoms with Crippen LogP contribution >= 0.6 is 0 Å². The van der Waals surface area contributed by atoms with Crippen LogP contribution in [0, 0.1) is 5.92 Å². The van der Waals surface area contributed by atoms with Gasteiger partial charge < -0.3 is 18.9 Å². The Morgan fingerprint density at radius 3 is 2.89 bits per heavy atom. The first-order valence-corrected chi connectivity index (χ1v) is 6.85. The van der Waals surface area contributed by atoms with Gasteiger partial charge in [-0.15, -0.1) is 0 Å². The van der Waals surface area contributed by atoms with E-state index in [9.17, 15) is 4.79 Å². The van der Waals surface area contributed by atoms with Crippen LogP contribution in [0.1, 0.15) is 39.5 Å². The highest BCUT2D eigenvalue weighted by atomic mass is 16.9. The van der Waals surface area contributed by atoms with Crippen LogP contribution in [-0.2, 0) is 23.7 Å². The molecule has 3 aliphatic rings. The number of fused-ring (bicyclic) bond motifs is 1. The molecule has 0 N–H and O–H groups in total. The lowest BCUT2D eigenvalue weighted by Crippen LogP contribution is -2.60. The minimum absolute atomic E-state index is 0.0501. The van der Waals surface area contributed by atoms with E-state index in [-0.39, 0.29) is 24.1 Å². The van der Waals surface area contributed by atoms with Crippen LogP contribution in [0.2, 0.25) is 0 Å². The summed E-state index contributed by atoms with van der Waals surface area (Å²) in [5.41, 5.74) is -0.501. The molecular weight excluding hydrogens is 236 g/mol. The molecule has 5 unspecified atom stereocenters. The molecule has 3 rings (SSSR count). The number of carbonyl (C=O) groups is 1. The summed E-state index contributed by atoms with van der Waals surface area (Å²) in [4.78, 5) is 11.7. The molecule has 0 aliphatic carbocycles. The highest BCUT2D eigenvalue weighted by molar-refractivity contribution is 5.71. The Kier molecular flexibility index (Phi) is 3.08. The summed E-state index contributed by atoms with van der Waals surface area (Å²) in [7, 11) is 0. The predicted octanol–water partition coefficient (Wildman–Crippen LogP) is 1.60. The van der Waals surface area contributed by atoms with E-state index >= 15 is 0 Å². The van der Waals surface area contributed by atoms with Crippen molar-refractivity contribution in [2.75, 3.05) is 6.61 Å². The second-order valence-electron chi connectivity index (χ2n) is 5.24. The lowest BCUT2D eigenvalue weighted by atomic mass is 9.72. The molecule has 3 saturated heterocycles. The molecule has 0 aromatic heterocycles. The average molecular weight is 256 g/mol. The quantitative estimate of drug-likeness (QED) is 0.702. The van der Waals surface area contributed by atoms with Crippen molar-refractivity contribution in [2.45, 2.75) is 63.8 Å². The highest BCUT2D eigenvalue weighted by Crippen LogP contribution is 2.49. The molecule has 0 radical (unpaired) electrons. The van der Waals surface area contributed by atoms with Gasteiger partial charge in [0, 0.05) is 12.3 Å². The molecule has 18 heavy (non-hydrogen) atoms. The van der Waals surface area contributed by atoms with Crippen molar-refractivity contribution in [3.63, 3.8) is 0 Å². The van der Waals surface area contributed by atoms with Crippen LogP contribution in [0.3, 0.4) is 0 Å². The van der Waals surface area contributed by atoms with Gasteiger partial charge in [0.2, 0.25) is 0 Å². The van der Waals surface area contributed by atoms with Crippen molar-refractivity contribution < 1.29 is 23.7 Å². The molecule has 0 amide bonds. The largest absolute Gasteiger partial charge is 0.459 e. The molecule has 5 heteroatoms. The fourth-order valence-corrected chi connectivity index (χ4v) is 3.58. The van der Waals surface area contributed by atoms with E-state index < -0.39 is 12.1 Å². The van der Waals surface area contributed by atoms with Crippen molar-refractivity contribution in [3.8, 4) is 0 Å². The standard InChI is InChI=1S/C13H20O5/c1-3-8-7-11(14)16-10-5-6-15-12-17-9(4-2)13(8,10)18-12/h8-10,12H,3-7H2,1-2H3. The first kappa shape index (κ1) is 12.4. The third kappa shape index (κ3) is 1.61. The molecule has 102 valence electrons. The Labute approximate surface area is 107 Å². The fraction of sp³-hybridized carbons (Fsp3) is 0.923. The Balaban J connectivity index is 2.00. The van der Waals surface area contributed by atoms with Crippen LogP contribution in [-0.4, -0.2) is 36.9 Å². The van der Waals surface area contributed by atoms with Gasteiger partial charge in [0.1, 0.15) is 11.7 Å². The van der Waals surface area contributed by atoms with E-state index in [0.29, 0.717) is 19.4 Å². The number of hydrogen-bond acceptors (Lipinski definition) is 5. The Morgan fingerprint density at radius 2 is 2.17 bits per heavy atom. The minimum atomic E-state index is -0.592. The first-order valence-electron chi connectivity index (χ1n) is 6.85. The molecule has 0 aromatic carbocycles. The summed E-state index contributed by atoms with van der Waals surface area (Å²) in [5.74, 6) is 0.0293. The normalized spacial score (nSPS) is 47.3. The Hall–Kier alpha value is -0.650. The molecule has 0 saturated carbocycles. The molecule has 5 nitrogen and oxygen atoms in total. The van der Waals surface area contributed by atoms with E-state index in [2.05, 4.69) is 13.8 Å². The number of rotatable bonds is 2. The van der Waals surface area contributed by atoms with E-state index in [1.165, 1.54) is 0 Å². The van der Waals surface area contributed by atoms with Crippen molar-refractivity contribution in [3.05, 3.63) is 0 Å². The van der Waals surface area contributed by atoms with Crippen LogP contribution in [0.5, 0.6) is 0 Å². The Morgan fingerprint density at radius 1 is 1.33 bits per heavy atom. The van der Waals surface area contributed by atoms with Gasteiger partial charge in [0.25, 0.3) is 6.48 Å². The fourth-order valence-electron chi connectivity index (χ4n) is 3.58. The van der Waals surface area contributed by atoms with Crippen molar-refractivity contribution in [2.24, 2.45) is 5.92 Å². The molecule has 5 atom stereocenters. The summed E-state index contributed by atoms with van der Waals surface area (Å²) in [6.07, 6.45) is 2.55. The zero-order valence-electron chi connectivity index (χ0n) is 10.9. The van der Waals surface area contributed by atoms with Crippen molar-refractivity contribution in [1.29, 1.82) is 0 Å². The van der Waals surface area contributed by atoms with E-state index in [4.69, 9.17) is 18.9 Å².